The zero-order chi connectivity index (χ0) is 48.5. The van der Waals surface area contributed by atoms with Crippen LogP contribution in [0.1, 0.15) is 226 Å². The first kappa shape index (κ1) is 62.1. The summed E-state index contributed by atoms with van der Waals surface area (Å²) in [6, 6.07) is 0. The van der Waals surface area contributed by atoms with Gasteiger partial charge >= 0.3 is 19.8 Å². The van der Waals surface area contributed by atoms with Gasteiger partial charge in [0.15, 0.2) is 6.10 Å². The van der Waals surface area contributed by atoms with Crippen molar-refractivity contribution < 1.29 is 63.1 Å². The number of unbranched alkanes of at least 4 members (excludes halogenated alkanes) is 26. The molecular formula is C52H95O13P. The molecule has 1 fully saturated rings. The lowest BCUT2D eigenvalue weighted by Gasteiger charge is -2.41. The zero-order valence-electron chi connectivity index (χ0n) is 41.2. The highest BCUT2D eigenvalue weighted by atomic mass is 31.2. The Labute approximate surface area is 399 Å². The summed E-state index contributed by atoms with van der Waals surface area (Å²) in [5, 5.41) is 50.3. The van der Waals surface area contributed by atoms with Gasteiger partial charge in [-0.15, -0.1) is 0 Å². The van der Waals surface area contributed by atoms with Crippen LogP contribution in [0.5, 0.6) is 0 Å². The highest BCUT2D eigenvalue weighted by Crippen LogP contribution is 2.47. The predicted octanol–water partition coefficient (Wildman–Crippen LogP) is 11.3. The summed E-state index contributed by atoms with van der Waals surface area (Å²) in [7, 11) is -5.13. The number of ether oxygens (including phenoxy) is 2. The van der Waals surface area contributed by atoms with E-state index >= 15 is 0 Å². The minimum absolute atomic E-state index is 0.0271. The van der Waals surface area contributed by atoms with Crippen LogP contribution in [-0.4, -0.2) is 98.3 Å². The first-order valence-electron chi connectivity index (χ1n) is 26.3. The van der Waals surface area contributed by atoms with Gasteiger partial charge in [0.1, 0.15) is 43.2 Å². The fourth-order valence-electron chi connectivity index (χ4n) is 8.01. The summed E-state index contributed by atoms with van der Waals surface area (Å²) in [6.07, 6.45) is 36.3. The van der Waals surface area contributed by atoms with Crippen molar-refractivity contribution in [1.82, 2.24) is 0 Å². The molecule has 0 saturated heterocycles. The molecule has 14 heteroatoms. The van der Waals surface area contributed by atoms with Gasteiger partial charge in [0.05, 0.1) is 6.61 Å². The van der Waals surface area contributed by atoms with Crippen molar-refractivity contribution in [3.8, 4) is 0 Å². The van der Waals surface area contributed by atoms with Gasteiger partial charge in [-0.1, -0.05) is 204 Å². The van der Waals surface area contributed by atoms with Gasteiger partial charge in [0, 0.05) is 12.8 Å². The van der Waals surface area contributed by atoms with Crippen LogP contribution in [0, 0.1) is 0 Å². The Balaban J connectivity index is 2.41. The topological polar surface area (TPSA) is 210 Å². The highest BCUT2D eigenvalue weighted by Gasteiger charge is 2.51. The number of phosphoric acid groups is 1. The smallest absolute Gasteiger partial charge is 0.462 e. The van der Waals surface area contributed by atoms with E-state index in [1.807, 2.05) is 12.2 Å². The Kier molecular flexibility index (Phi) is 39.5. The Morgan fingerprint density at radius 3 is 1.29 bits per heavy atom. The number of carbonyl (C=O) groups is 2. The van der Waals surface area contributed by atoms with Gasteiger partial charge in [-0.2, -0.15) is 0 Å². The van der Waals surface area contributed by atoms with E-state index in [1.54, 1.807) is 0 Å². The van der Waals surface area contributed by atoms with Crippen LogP contribution in [0.25, 0.3) is 0 Å². The summed E-state index contributed by atoms with van der Waals surface area (Å²) in [5.41, 5.74) is 0. The fourth-order valence-corrected chi connectivity index (χ4v) is 8.98. The zero-order valence-corrected chi connectivity index (χ0v) is 42.1. The van der Waals surface area contributed by atoms with Gasteiger partial charge in [-0.3, -0.25) is 18.6 Å². The number of allylic oxidation sites excluding steroid dienone is 6. The van der Waals surface area contributed by atoms with Crippen molar-refractivity contribution in [2.75, 3.05) is 13.2 Å². The molecule has 0 aromatic heterocycles. The predicted molar refractivity (Wildman–Crippen MR) is 263 cm³/mol. The maximum Gasteiger partial charge on any atom is 0.472 e. The Hall–Kier alpha value is -1.93. The maximum atomic E-state index is 12.8. The van der Waals surface area contributed by atoms with Crippen LogP contribution < -0.4 is 0 Å². The molecule has 6 N–H and O–H groups in total. The van der Waals surface area contributed by atoms with Crippen molar-refractivity contribution >= 4 is 19.8 Å². The molecule has 1 aliphatic carbocycles. The third-order valence-electron chi connectivity index (χ3n) is 12.2. The summed E-state index contributed by atoms with van der Waals surface area (Å²) in [4.78, 5) is 35.8. The molecule has 0 bridgehead atoms. The molecule has 13 nitrogen and oxygen atoms in total. The minimum atomic E-state index is -5.13. The lowest BCUT2D eigenvalue weighted by atomic mass is 9.85. The van der Waals surface area contributed by atoms with E-state index in [0.717, 1.165) is 38.5 Å². The monoisotopic (exact) mass is 959 g/mol. The van der Waals surface area contributed by atoms with Crippen molar-refractivity contribution in [2.45, 2.75) is 268 Å². The summed E-state index contributed by atoms with van der Waals surface area (Å²) in [6.45, 7) is 3.29. The van der Waals surface area contributed by atoms with Gasteiger partial charge in [-0.25, -0.2) is 4.57 Å². The van der Waals surface area contributed by atoms with Crippen LogP contribution in [0.4, 0.5) is 0 Å². The van der Waals surface area contributed by atoms with Crippen LogP contribution in [0.3, 0.4) is 0 Å². The van der Waals surface area contributed by atoms with Crippen LogP contribution in [0.2, 0.25) is 0 Å². The average molecular weight is 959 g/mol. The molecule has 8 atom stereocenters. The molecule has 0 heterocycles. The summed E-state index contributed by atoms with van der Waals surface area (Å²) in [5.74, 6) is -1.15. The molecule has 0 aromatic rings. The number of aliphatic hydroxyl groups is 5. The number of hydrogen-bond acceptors (Lipinski definition) is 12. The molecule has 6 unspecified atom stereocenters. The van der Waals surface area contributed by atoms with Gasteiger partial charge in [0.25, 0.3) is 0 Å². The molecule has 386 valence electrons. The Bertz CT molecular complexity index is 1290. The molecular weight excluding hydrogens is 864 g/mol. The molecule has 1 saturated carbocycles. The number of carbonyl (C=O) groups excluding carboxylic acids is 2. The van der Waals surface area contributed by atoms with Gasteiger partial charge < -0.3 is 39.9 Å². The third-order valence-corrected chi connectivity index (χ3v) is 13.2. The molecule has 66 heavy (non-hydrogen) atoms. The largest absolute Gasteiger partial charge is 0.472 e. The molecule has 0 spiro atoms. The summed E-state index contributed by atoms with van der Waals surface area (Å²) < 4.78 is 33.6. The molecule has 0 amide bonds. The fraction of sp³-hybridized carbons (Fsp3) is 0.846. The van der Waals surface area contributed by atoms with Gasteiger partial charge in [0.2, 0.25) is 0 Å². The van der Waals surface area contributed by atoms with Crippen molar-refractivity contribution in [2.24, 2.45) is 0 Å². The molecule has 0 radical (unpaired) electrons. The van der Waals surface area contributed by atoms with E-state index in [2.05, 4.69) is 38.2 Å². The lowest BCUT2D eigenvalue weighted by molar-refractivity contribution is -0.220. The van der Waals surface area contributed by atoms with Crippen molar-refractivity contribution in [3.63, 3.8) is 0 Å². The number of esters is 2. The second kappa shape index (κ2) is 42.0. The molecule has 0 aliphatic heterocycles. The second-order valence-corrected chi connectivity index (χ2v) is 19.8. The SMILES string of the molecule is CCCCCCCC/C=C/C/C=C/C/C=C/CCCC(=O)O[C@@H](COC(=O)CCCCCCCCCCCCCCCCCCCCCC)COP(=O)(O)OC1C(O)C(O)C(O)[C@H](O)C1O. The second-order valence-electron chi connectivity index (χ2n) is 18.4. The first-order valence-corrected chi connectivity index (χ1v) is 27.8. The standard InChI is InChI=1S/C52H95O13P/c1-3-5-7-9-11-13-15-17-19-21-22-23-25-26-28-30-32-34-36-38-40-45(53)62-42-44(43-63-66(60,61)65-52-50(58)48(56)47(55)49(57)51(52)59)64-46(54)41-39-37-35-33-31-29-27-24-20-18-16-14-12-10-8-6-4-2/h18,20,27,29,33,35,44,47-52,55-59H,3-17,19,21-26,28,30-32,34,36-43H2,1-2H3,(H,60,61)/b20-18+,29-27+,35-33+/t44-,47?,48-,49?,50?,51?,52?/m0/s1. The normalized spacial score (nSPS) is 21.5. The number of rotatable bonds is 44. The van der Waals surface area contributed by atoms with Crippen molar-refractivity contribution in [3.05, 3.63) is 36.5 Å². The van der Waals surface area contributed by atoms with Gasteiger partial charge in [-0.05, 0) is 44.9 Å². The molecule has 0 aromatic carbocycles. The number of aliphatic hydroxyl groups excluding tert-OH is 5. The third kappa shape index (κ3) is 33.5. The van der Waals surface area contributed by atoms with Crippen LogP contribution in [-0.2, 0) is 32.7 Å². The quantitative estimate of drug-likeness (QED) is 0.0145. The van der Waals surface area contributed by atoms with Crippen LogP contribution >= 0.6 is 7.82 Å². The van der Waals surface area contributed by atoms with E-state index < -0.39 is 75.7 Å². The maximum absolute atomic E-state index is 12.8. The van der Waals surface area contributed by atoms with E-state index in [9.17, 15) is 44.6 Å². The van der Waals surface area contributed by atoms with E-state index in [0.29, 0.717) is 19.3 Å². The van der Waals surface area contributed by atoms with E-state index in [-0.39, 0.29) is 12.8 Å². The Morgan fingerprint density at radius 1 is 0.470 bits per heavy atom. The van der Waals surface area contributed by atoms with Crippen molar-refractivity contribution in [1.29, 1.82) is 0 Å². The molecule has 1 aliphatic rings. The lowest BCUT2D eigenvalue weighted by Crippen LogP contribution is -2.64. The summed E-state index contributed by atoms with van der Waals surface area (Å²) >= 11 is 0. The average Bonchev–Trinajstić information content (AvgIpc) is 3.30. The molecule has 1 rings (SSSR count). The number of phosphoric ester groups is 1. The van der Waals surface area contributed by atoms with E-state index in [1.165, 1.54) is 141 Å². The van der Waals surface area contributed by atoms with E-state index in [4.69, 9.17) is 18.5 Å². The Morgan fingerprint density at radius 2 is 0.833 bits per heavy atom. The highest BCUT2D eigenvalue weighted by molar-refractivity contribution is 7.47. The van der Waals surface area contributed by atoms with Crippen LogP contribution in [0.15, 0.2) is 36.5 Å². The minimum Gasteiger partial charge on any atom is -0.462 e. The first-order chi connectivity index (χ1) is 31.9. The number of hydrogen-bond donors (Lipinski definition) is 6.